The second-order valence-corrected chi connectivity index (χ2v) is 7.62. The first kappa shape index (κ1) is 21.6. The quantitative estimate of drug-likeness (QED) is 0.342. The zero-order valence-electron chi connectivity index (χ0n) is 17.6. The highest BCUT2D eigenvalue weighted by atomic mass is 19.1. The fourth-order valence-corrected chi connectivity index (χ4v) is 3.89. The van der Waals surface area contributed by atoms with Crippen molar-refractivity contribution in [2.45, 2.75) is 38.6 Å². The minimum Gasteiger partial charge on any atom is -0.385 e. The van der Waals surface area contributed by atoms with Crippen LogP contribution in [0.15, 0.2) is 29.4 Å². The van der Waals surface area contributed by atoms with Gasteiger partial charge in [-0.3, -0.25) is 4.99 Å². The van der Waals surface area contributed by atoms with Gasteiger partial charge in [-0.1, -0.05) is 0 Å². The number of hydrogen-bond donors (Lipinski definition) is 3. The van der Waals surface area contributed by atoms with E-state index in [1.165, 1.54) is 6.07 Å². The Bertz CT molecular complexity index is 783. The number of rotatable bonds is 9. The van der Waals surface area contributed by atoms with Crippen molar-refractivity contribution in [3.05, 3.63) is 35.8 Å². The Morgan fingerprint density at radius 3 is 2.93 bits per heavy atom. The monoisotopic (exact) mass is 403 g/mol. The van der Waals surface area contributed by atoms with Crippen LogP contribution in [0.4, 0.5) is 4.39 Å². The van der Waals surface area contributed by atoms with Crippen LogP contribution < -0.4 is 10.6 Å². The molecule has 0 bridgehead atoms. The standard InChI is InChI=1S/C22H34FN5O/c1-3-24-22(27-19-8-12-28(13-9-19)11-4-14-29-2)25-10-7-17-16-26-21-6-5-18(23)15-20(17)21/h5-6,15-16,19,26H,3-4,7-14H2,1-2H3,(H2,24,25,27). The summed E-state index contributed by atoms with van der Waals surface area (Å²) in [4.78, 5) is 10.5. The molecule has 0 atom stereocenters. The lowest BCUT2D eigenvalue weighted by Crippen LogP contribution is -2.49. The second kappa shape index (κ2) is 11.2. The molecule has 1 aromatic carbocycles. The van der Waals surface area contributed by atoms with Gasteiger partial charge in [0.1, 0.15) is 5.82 Å². The average Bonchev–Trinajstić information content (AvgIpc) is 3.12. The van der Waals surface area contributed by atoms with Crippen LogP contribution in [0.2, 0.25) is 0 Å². The lowest BCUT2D eigenvalue weighted by atomic mass is 10.1. The van der Waals surface area contributed by atoms with E-state index in [0.717, 1.165) is 80.9 Å². The van der Waals surface area contributed by atoms with Gasteiger partial charge in [-0.15, -0.1) is 0 Å². The Kier molecular flexibility index (Phi) is 8.31. The Labute approximate surface area is 172 Å². The highest BCUT2D eigenvalue weighted by Gasteiger charge is 2.19. The van der Waals surface area contributed by atoms with E-state index < -0.39 is 0 Å². The number of aromatic amines is 1. The molecule has 2 aromatic rings. The summed E-state index contributed by atoms with van der Waals surface area (Å²) in [6, 6.07) is 5.31. The molecule has 6 nitrogen and oxygen atoms in total. The zero-order valence-corrected chi connectivity index (χ0v) is 17.6. The lowest BCUT2D eigenvalue weighted by Gasteiger charge is -2.33. The first-order valence-corrected chi connectivity index (χ1v) is 10.7. The molecule has 3 N–H and O–H groups in total. The topological polar surface area (TPSA) is 64.7 Å². The van der Waals surface area contributed by atoms with E-state index in [1.807, 2.05) is 6.20 Å². The van der Waals surface area contributed by atoms with Crippen LogP contribution in [0.3, 0.4) is 0 Å². The third-order valence-corrected chi connectivity index (χ3v) is 5.48. The maximum absolute atomic E-state index is 13.5. The Morgan fingerprint density at radius 1 is 1.34 bits per heavy atom. The minimum absolute atomic E-state index is 0.203. The minimum atomic E-state index is -0.203. The predicted octanol–water partition coefficient (Wildman–Crippen LogP) is 2.91. The van der Waals surface area contributed by atoms with Crippen molar-refractivity contribution < 1.29 is 9.13 Å². The zero-order chi connectivity index (χ0) is 20.5. The van der Waals surface area contributed by atoms with Gasteiger partial charge >= 0.3 is 0 Å². The molecule has 1 saturated heterocycles. The van der Waals surface area contributed by atoms with Gasteiger partial charge in [0.25, 0.3) is 0 Å². The van der Waals surface area contributed by atoms with Crippen LogP contribution in [0, 0.1) is 5.82 Å². The molecule has 29 heavy (non-hydrogen) atoms. The van der Waals surface area contributed by atoms with Gasteiger partial charge in [0, 0.05) is 69.6 Å². The summed E-state index contributed by atoms with van der Waals surface area (Å²) in [5.74, 6) is 0.668. The Hall–Kier alpha value is -2.12. The highest BCUT2D eigenvalue weighted by Crippen LogP contribution is 2.19. The smallest absolute Gasteiger partial charge is 0.191 e. The Balaban J connectivity index is 1.49. The molecule has 160 valence electrons. The van der Waals surface area contributed by atoms with Crippen molar-refractivity contribution >= 4 is 16.9 Å². The van der Waals surface area contributed by atoms with Crippen molar-refractivity contribution in [1.29, 1.82) is 0 Å². The van der Waals surface area contributed by atoms with Crippen molar-refractivity contribution in [2.75, 3.05) is 46.4 Å². The number of nitrogens with zero attached hydrogens (tertiary/aromatic N) is 2. The first-order valence-electron chi connectivity index (χ1n) is 10.7. The lowest BCUT2D eigenvalue weighted by molar-refractivity contribution is 0.155. The fourth-order valence-electron chi connectivity index (χ4n) is 3.89. The molecule has 3 rings (SSSR count). The predicted molar refractivity (Wildman–Crippen MR) is 117 cm³/mol. The number of H-pyrrole nitrogens is 1. The number of likely N-dealkylation sites (tertiary alicyclic amines) is 1. The van der Waals surface area contributed by atoms with E-state index in [2.05, 4.69) is 27.4 Å². The summed E-state index contributed by atoms with van der Waals surface area (Å²) in [5.41, 5.74) is 2.07. The molecule has 0 saturated carbocycles. The first-order chi connectivity index (χ1) is 14.2. The largest absolute Gasteiger partial charge is 0.385 e. The summed E-state index contributed by atoms with van der Waals surface area (Å²) in [7, 11) is 1.76. The summed E-state index contributed by atoms with van der Waals surface area (Å²) in [6.45, 7) is 7.74. The number of benzene rings is 1. The number of aromatic nitrogens is 1. The number of guanidine groups is 1. The number of methoxy groups -OCH3 is 1. The van der Waals surface area contributed by atoms with Crippen molar-refractivity contribution in [2.24, 2.45) is 4.99 Å². The molecule has 0 aliphatic carbocycles. The van der Waals surface area contributed by atoms with Gasteiger partial charge < -0.3 is 25.3 Å². The van der Waals surface area contributed by atoms with E-state index in [0.29, 0.717) is 12.6 Å². The van der Waals surface area contributed by atoms with E-state index in [9.17, 15) is 4.39 Å². The number of ether oxygens (including phenoxy) is 1. The third-order valence-electron chi connectivity index (χ3n) is 5.48. The van der Waals surface area contributed by atoms with Crippen LogP contribution in [0.5, 0.6) is 0 Å². The molecule has 0 unspecified atom stereocenters. The fraction of sp³-hybridized carbons (Fsp3) is 0.591. The van der Waals surface area contributed by atoms with Gasteiger partial charge in [-0.05, 0) is 56.4 Å². The van der Waals surface area contributed by atoms with E-state index in [1.54, 1.807) is 19.2 Å². The van der Waals surface area contributed by atoms with Crippen LogP contribution in [-0.2, 0) is 11.2 Å². The summed E-state index contributed by atoms with van der Waals surface area (Å²) >= 11 is 0. The van der Waals surface area contributed by atoms with Crippen molar-refractivity contribution in [3.8, 4) is 0 Å². The molecule has 1 fully saturated rings. The highest BCUT2D eigenvalue weighted by molar-refractivity contribution is 5.83. The van der Waals surface area contributed by atoms with Gasteiger partial charge in [0.2, 0.25) is 0 Å². The molecule has 0 spiro atoms. The molecular weight excluding hydrogens is 369 g/mol. The van der Waals surface area contributed by atoms with Crippen LogP contribution >= 0.6 is 0 Å². The number of aliphatic imine (C=N–C) groups is 1. The average molecular weight is 404 g/mol. The maximum Gasteiger partial charge on any atom is 0.191 e. The number of nitrogens with one attached hydrogen (secondary N) is 3. The molecule has 1 aromatic heterocycles. The summed E-state index contributed by atoms with van der Waals surface area (Å²) in [6.07, 6.45) is 6.08. The number of piperidine rings is 1. The van der Waals surface area contributed by atoms with Crippen molar-refractivity contribution in [3.63, 3.8) is 0 Å². The molecule has 2 heterocycles. The summed E-state index contributed by atoms with van der Waals surface area (Å²) < 4.78 is 18.7. The van der Waals surface area contributed by atoms with Gasteiger partial charge in [0.05, 0.1) is 0 Å². The third kappa shape index (κ3) is 6.44. The van der Waals surface area contributed by atoms with Gasteiger partial charge in [0.15, 0.2) is 5.96 Å². The molecular formula is C22H34FN5O. The SMILES string of the molecule is CCNC(=NCCc1c[nH]c2ccc(F)cc12)NC1CCN(CCCOC)CC1. The van der Waals surface area contributed by atoms with Gasteiger partial charge in [-0.2, -0.15) is 0 Å². The normalized spacial score (nSPS) is 16.4. The summed E-state index contributed by atoms with van der Waals surface area (Å²) in [5, 5.41) is 7.88. The van der Waals surface area contributed by atoms with Crippen LogP contribution in [-0.4, -0.2) is 68.3 Å². The number of hydrogen-bond acceptors (Lipinski definition) is 3. The van der Waals surface area contributed by atoms with E-state index in [4.69, 9.17) is 9.73 Å². The number of halogens is 1. The van der Waals surface area contributed by atoms with Gasteiger partial charge in [-0.25, -0.2) is 4.39 Å². The van der Waals surface area contributed by atoms with Crippen LogP contribution in [0.25, 0.3) is 10.9 Å². The second-order valence-electron chi connectivity index (χ2n) is 7.62. The van der Waals surface area contributed by atoms with Crippen molar-refractivity contribution in [1.82, 2.24) is 20.5 Å². The maximum atomic E-state index is 13.5. The number of fused-ring (bicyclic) bond motifs is 1. The molecule has 1 aliphatic heterocycles. The van der Waals surface area contributed by atoms with E-state index >= 15 is 0 Å². The molecule has 0 amide bonds. The van der Waals surface area contributed by atoms with E-state index in [-0.39, 0.29) is 5.82 Å². The Morgan fingerprint density at radius 2 is 2.17 bits per heavy atom. The molecule has 7 heteroatoms. The molecule has 0 radical (unpaired) electrons. The van der Waals surface area contributed by atoms with Crippen LogP contribution in [0.1, 0.15) is 31.7 Å². The molecule has 1 aliphatic rings.